The number of halogens is 2. The van der Waals surface area contributed by atoms with Crippen LogP contribution in [-0.4, -0.2) is 25.2 Å². The van der Waals surface area contributed by atoms with E-state index in [9.17, 15) is 4.39 Å². The van der Waals surface area contributed by atoms with Gasteiger partial charge in [-0.25, -0.2) is 4.39 Å². The molecule has 2 unspecified atom stereocenters. The maximum atomic E-state index is 13.3. The number of anilines is 1. The van der Waals surface area contributed by atoms with Crippen molar-refractivity contribution in [3.05, 3.63) is 29.0 Å². The highest BCUT2D eigenvalue weighted by molar-refractivity contribution is 6.33. The number of nitrogens with zero attached hydrogens (tertiary/aromatic N) is 1. The third-order valence-electron chi connectivity index (χ3n) is 4.18. The minimum atomic E-state index is -0.282. The molecule has 2 rings (SSSR count). The number of hydrogen-bond donors (Lipinski definition) is 1. The molecule has 1 aliphatic heterocycles. The first-order chi connectivity index (χ1) is 9.40. The normalized spacial score (nSPS) is 23.7. The van der Waals surface area contributed by atoms with Crippen LogP contribution in [0.2, 0.25) is 5.02 Å². The summed E-state index contributed by atoms with van der Waals surface area (Å²) in [7, 11) is 0. The van der Waals surface area contributed by atoms with Gasteiger partial charge in [0.2, 0.25) is 0 Å². The predicted molar refractivity (Wildman–Crippen MR) is 84.0 cm³/mol. The van der Waals surface area contributed by atoms with Crippen molar-refractivity contribution in [1.29, 1.82) is 0 Å². The Morgan fingerprint density at radius 3 is 2.50 bits per heavy atom. The van der Waals surface area contributed by atoms with E-state index in [1.54, 1.807) is 6.07 Å². The fourth-order valence-corrected chi connectivity index (χ4v) is 3.10. The molecule has 0 aliphatic carbocycles. The molecule has 1 aliphatic rings. The summed E-state index contributed by atoms with van der Waals surface area (Å²) in [6, 6.07) is 5.51. The zero-order chi connectivity index (χ0) is 14.9. The molecule has 0 spiro atoms. The van der Waals surface area contributed by atoms with Crippen LogP contribution in [0, 0.1) is 17.7 Å². The van der Waals surface area contributed by atoms with Crippen molar-refractivity contribution in [2.24, 2.45) is 11.8 Å². The molecule has 20 heavy (non-hydrogen) atoms. The highest BCUT2D eigenvalue weighted by atomic mass is 35.5. The zero-order valence-electron chi connectivity index (χ0n) is 12.7. The number of nitrogens with one attached hydrogen (secondary N) is 1. The van der Waals surface area contributed by atoms with Gasteiger partial charge in [0, 0.05) is 25.2 Å². The van der Waals surface area contributed by atoms with Crippen molar-refractivity contribution in [3.8, 4) is 0 Å². The van der Waals surface area contributed by atoms with Gasteiger partial charge in [-0.1, -0.05) is 39.3 Å². The summed E-state index contributed by atoms with van der Waals surface area (Å²) in [5.74, 6) is 0.789. The Labute approximate surface area is 126 Å². The first-order valence-electron chi connectivity index (χ1n) is 7.35. The largest absolute Gasteiger partial charge is 0.364 e. The summed E-state index contributed by atoms with van der Waals surface area (Å²) in [4.78, 5) is 2.34. The summed E-state index contributed by atoms with van der Waals surface area (Å²) < 4.78 is 13.3. The SMILES string of the molecule is CC(C)C1CN(c2ccc(F)cc2Cl)C(C(C)C)CN1. The topological polar surface area (TPSA) is 15.3 Å². The first-order valence-corrected chi connectivity index (χ1v) is 7.73. The maximum absolute atomic E-state index is 13.3. The Morgan fingerprint density at radius 1 is 1.25 bits per heavy atom. The van der Waals surface area contributed by atoms with Crippen LogP contribution in [0.1, 0.15) is 27.7 Å². The van der Waals surface area contributed by atoms with Crippen LogP contribution in [-0.2, 0) is 0 Å². The van der Waals surface area contributed by atoms with E-state index in [0.29, 0.717) is 28.9 Å². The van der Waals surface area contributed by atoms with E-state index in [0.717, 1.165) is 18.8 Å². The van der Waals surface area contributed by atoms with E-state index in [4.69, 9.17) is 11.6 Å². The molecule has 1 aromatic rings. The Balaban J connectivity index is 2.31. The summed E-state index contributed by atoms with van der Waals surface area (Å²) >= 11 is 6.26. The van der Waals surface area contributed by atoms with Gasteiger partial charge in [0.05, 0.1) is 10.7 Å². The van der Waals surface area contributed by atoms with Gasteiger partial charge in [0.15, 0.2) is 0 Å². The summed E-state index contributed by atoms with van der Waals surface area (Å²) in [5.41, 5.74) is 0.943. The third kappa shape index (κ3) is 3.26. The molecular formula is C16H24ClFN2. The highest BCUT2D eigenvalue weighted by Gasteiger charge is 2.32. The molecule has 1 aromatic carbocycles. The molecular weight excluding hydrogens is 275 g/mol. The van der Waals surface area contributed by atoms with E-state index in [1.165, 1.54) is 12.1 Å². The number of rotatable bonds is 3. The molecule has 1 saturated heterocycles. The Hall–Kier alpha value is -0.800. The summed E-state index contributed by atoms with van der Waals surface area (Å²) in [5, 5.41) is 4.12. The van der Waals surface area contributed by atoms with Crippen LogP contribution in [0.25, 0.3) is 0 Å². The van der Waals surface area contributed by atoms with Crippen LogP contribution in [0.15, 0.2) is 18.2 Å². The van der Waals surface area contributed by atoms with Crippen molar-refractivity contribution < 1.29 is 4.39 Å². The van der Waals surface area contributed by atoms with E-state index >= 15 is 0 Å². The number of hydrogen-bond acceptors (Lipinski definition) is 2. The summed E-state index contributed by atoms with van der Waals surface area (Å²) in [6.45, 7) is 10.7. The van der Waals surface area contributed by atoms with Gasteiger partial charge in [0.1, 0.15) is 5.82 Å². The Bertz CT molecular complexity index is 462. The fourth-order valence-electron chi connectivity index (χ4n) is 2.83. The minimum Gasteiger partial charge on any atom is -0.364 e. The van der Waals surface area contributed by atoms with E-state index in [2.05, 4.69) is 37.9 Å². The van der Waals surface area contributed by atoms with Crippen molar-refractivity contribution in [2.75, 3.05) is 18.0 Å². The predicted octanol–water partition coefficient (Wildman–Crippen LogP) is 3.94. The molecule has 1 heterocycles. The molecule has 0 bridgehead atoms. The van der Waals surface area contributed by atoms with Crippen molar-refractivity contribution in [3.63, 3.8) is 0 Å². The van der Waals surface area contributed by atoms with E-state index < -0.39 is 0 Å². The van der Waals surface area contributed by atoms with Crippen molar-refractivity contribution >= 4 is 17.3 Å². The minimum absolute atomic E-state index is 0.282. The van der Waals surface area contributed by atoms with Gasteiger partial charge in [-0.15, -0.1) is 0 Å². The smallest absolute Gasteiger partial charge is 0.124 e. The molecule has 2 atom stereocenters. The lowest BCUT2D eigenvalue weighted by Gasteiger charge is -2.45. The average Bonchev–Trinajstić information content (AvgIpc) is 2.37. The lowest BCUT2D eigenvalue weighted by molar-refractivity contribution is 0.295. The second-order valence-corrected chi connectivity index (χ2v) is 6.73. The molecule has 0 aromatic heterocycles. The lowest BCUT2D eigenvalue weighted by Crippen LogP contribution is -2.60. The highest BCUT2D eigenvalue weighted by Crippen LogP contribution is 2.32. The van der Waals surface area contributed by atoms with Gasteiger partial charge in [-0.2, -0.15) is 0 Å². The molecule has 1 fully saturated rings. The van der Waals surface area contributed by atoms with Crippen LogP contribution in [0.5, 0.6) is 0 Å². The molecule has 2 nitrogen and oxygen atoms in total. The molecule has 112 valence electrons. The molecule has 1 N–H and O–H groups in total. The monoisotopic (exact) mass is 298 g/mol. The standard InChI is InChI=1S/C16H24ClFN2/c1-10(2)14-9-20(16(8-19-14)11(3)4)15-6-5-12(18)7-13(15)17/h5-7,10-11,14,16,19H,8-9H2,1-4H3. The third-order valence-corrected chi connectivity index (χ3v) is 4.48. The quantitative estimate of drug-likeness (QED) is 0.909. The van der Waals surface area contributed by atoms with Crippen LogP contribution < -0.4 is 10.2 Å². The maximum Gasteiger partial charge on any atom is 0.124 e. The van der Waals surface area contributed by atoms with E-state index in [1.807, 2.05) is 0 Å². The van der Waals surface area contributed by atoms with Crippen molar-refractivity contribution in [1.82, 2.24) is 5.32 Å². The Kier molecular flexibility index (Phi) is 4.92. The van der Waals surface area contributed by atoms with Gasteiger partial charge < -0.3 is 10.2 Å². The fraction of sp³-hybridized carbons (Fsp3) is 0.625. The van der Waals surface area contributed by atoms with Gasteiger partial charge in [0.25, 0.3) is 0 Å². The number of benzene rings is 1. The average molecular weight is 299 g/mol. The number of piperazine rings is 1. The lowest BCUT2D eigenvalue weighted by atomic mass is 9.93. The van der Waals surface area contributed by atoms with Crippen LogP contribution in [0.3, 0.4) is 0 Å². The van der Waals surface area contributed by atoms with E-state index in [-0.39, 0.29) is 5.82 Å². The van der Waals surface area contributed by atoms with Gasteiger partial charge in [-0.05, 0) is 30.0 Å². The van der Waals surface area contributed by atoms with Crippen molar-refractivity contribution in [2.45, 2.75) is 39.8 Å². The second kappa shape index (κ2) is 6.31. The van der Waals surface area contributed by atoms with Crippen LogP contribution in [0.4, 0.5) is 10.1 Å². The summed E-state index contributed by atoms with van der Waals surface area (Å²) in [6.07, 6.45) is 0. The van der Waals surface area contributed by atoms with Gasteiger partial charge >= 0.3 is 0 Å². The Morgan fingerprint density at radius 2 is 1.95 bits per heavy atom. The first kappa shape index (κ1) is 15.6. The van der Waals surface area contributed by atoms with Crippen LogP contribution >= 0.6 is 11.6 Å². The van der Waals surface area contributed by atoms with Gasteiger partial charge in [-0.3, -0.25) is 0 Å². The second-order valence-electron chi connectivity index (χ2n) is 6.32. The molecule has 0 saturated carbocycles. The zero-order valence-corrected chi connectivity index (χ0v) is 13.4. The molecule has 0 radical (unpaired) electrons. The molecule has 4 heteroatoms. The molecule has 0 amide bonds.